The van der Waals surface area contributed by atoms with Crippen LogP contribution in [0.1, 0.15) is 21.5 Å². The van der Waals surface area contributed by atoms with Crippen molar-refractivity contribution in [2.75, 3.05) is 4.72 Å². The minimum atomic E-state index is -3.71. The summed E-state index contributed by atoms with van der Waals surface area (Å²) in [6.45, 7) is 3.65. The highest BCUT2D eigenvalue weighted by molar-refractivity contribution is 7.92. The topological polar surface area (TPSA) is 108 Å². The molecule has 3 rings (SSSR count). The largest absolute Gasteiger partial charge is 0.507 e. The summed E-state index contributed by atoms with van der Waals surface area (Å²) in [6, 6.07) is 19.2. The van der Waals surface area contributed by atoms with Gasteiger partial charge in [0.15, 0.2) is 0 Å². The molecule has 3 aromatic carbocycles. The molecule has 7 nitrogen and oxygen atoms in total. The molecule has 1 amide bonds. The number of anilines is 1. The fourth-order valence-electron chi connectivity index (χ4n) is 2.76. The van der Waals surface area contributed by atoms with Crippen LogP contribution >= 0.6 is 0 Å². The molecule has 158 valence electrons. The van der Waals surface area contributed by atoms with Crippen LogP contribution in [0.25, 0.3) is 0 Å². The maximum absolute atomic E-state index is 12.4. The minimum Gasteiger partial charge on any atom is -0.507 e. The van der Waals surface area contributed by atoms with E-state index in [0.29, 0.717) is 28.8 Å². The Morgan fingerprint density at radius 2 is 1.71 bits per heavy atom. The fraction of sp³-hybridized carbons (Fsp3) is 0.0435. The normalized spacial score (nSPS) is 11.2. The third-order valence-corrected chi connectivity index (χ3v) is 5.73. The molecule has 3 N–H and O–H groups in total. The Labute approximate surface area is 180 Å². The Hall–Kier alpha value is -3.91. The number of amides is 1. The van der Waals surface area contributed by atoms with E-state index in [-0.39, 0.29) is 10.6 Å². The van der Waals surface area contributed by atoms with E-state index in [1.807, 2.05) is 0 Å². The molecule has 8 heteroatoms. The van der Waals surface area contributed by atoms with E-state index in [1.54, 1.807) is 42.5 Å². The van der Waals surface area contributed by atoms with Gasteiger partial charge < -0.3 is 5.11 Å². The zero-order chi connectivity index (χ0) is 22.3. The Morgan fingerprint density at radius 1 is 1.00 bits per heavy atom. The van der Waals surface area contributed by atoms with Crippen molar-refractivity contribution in [1.82, 2.24) is 5.43 Å². The number of carbonyl (C=O) groups excluding carboxylic acids is 1. The van der Waals surface area contributed by atoms with Gasteiger partial charge in [0.1, 0.15) is 5.75 Å². The first-order valence-electron chi connectivity index (χ1n) is 9.34. The quantitative estimate of drug-likeness (QED) is 0.285. The molecule has 0 aliphatic heterocycles. The van der Waals surface area contributed by atoms with Crippen molar-refractivity contribution in [2.24, 2.45) is 5.10 Å². The highest BCUT2D eigenvalue weighted by atomic mass is 32.2. The number of phenols is 1. The van der Waals surface area contributed by atoms with Crippen molar-refractivity contribution < 1.29 is 18.3 Å². The lowest BCUT2D eigenvalue weighted by molar-refractivity contribution is 0.0955. The van der Waals surface area contributed by atoms with Gasteiger partial charge in [-0.1, -0.05) is 36.4 Å². The maximum Gasteiger partial charge on any atom is 0.271 e. The van der Waals surface area contributed by atoms with Crippen molar-refractivity contribution in [3.63, 3.8) is 0 Å². The second kappa shape index (κ2) is 9.73. The first-order valence-corrected chi connectivity index (χ1v) is 10.8. The van der Waals surface area contributed by atoms with Gasteiger partial charge >= 0.3 is 0 Å². The number of sulfonamides is 1. The summed E-state index contributed by atoms with van der Waals surface area (Å²) in [6.07, 6.45) is 3.55. The van der Waals surface area contributed by atoms with Gasteiger partial charge in [-0.15, -0.1) is 6.58 Å². The van der Waals surface area contributed by atoms with E-state index in [2.05, 4.69) is 21.8 Å². The lowest BCUT2D eigenvalue weighted by Gasteiger charge is -2.08. The minimum absolute atomic E-state index is 0.0791. The van der Waals surface area contributed by atoms with Crippen LogP contribution in [0.15, 0.2) is 95.4 Å². The van der Waals surface area contributed by atoms with Crippen molar-refractivity contribution in [1.29, 1.82) is 0 Å². The Balaban J connectivity index is 1.64. The molecule has 0 bridgehead atoms. The molecule has 0 saturated heterocycles. The predicted molar refractivity (Wildman–Crippen MR) is 121 cm³/mol. The van der Waals surface area contributed by atoms with Gasteiger partial charge in [-0.25, -0.2) is 13.8 Å². The number of hydrogen-bond donors (Lipinski definition) is 3. The number of benzene rings is 3. The SMILES string of the molecule is C=CCc1cccc(/C=N\NC(=O)c2ccc(NS(=O)(=O)c3ccccc3)cc2)c1O. The predicted octanol–water partition coefficient (Wildman–Crippen LogP) is 3.69. The van der Waals surface area contributed by atoms with E-state index in [9.17, 15) is 18.3 Å². The number of allylic oxidation sites excluding steroid dienone is 1. The zero-order valence-corrected chi connectivity index (χ0v) is 17.3. The molecule has 0 atom stereocenters. The Morgan fingerprint density at radius 3 is 2.39 bits per heavy atom. The van der Waals surface area contributed by atoms with Gasteiger partial charge in [-0.2, -0.15) is 5.10 Å². The van der Waals surface area contributed by atoms with Crippen LogP contribution in [0, 0.1) is 0 Å². The summed E-state index contributed by atoms with van der Waals surface area (Å²) in [5, 5.41) is 14.1. The highest BCUT2D eigenvalue weighted by Gasteiger charge is 2.14. The molecule has 0 saturated carbocycles. The molecule has 0 aliphatic rings. The van der Waals surface area contributed by atoms with Crippen LogP contribution in [0.4, 0.5) is 5.69 Å². The lowest BCUT2D eigenvalue weighted by atomic mass is 10.1. The molecule has 0 radical (unpaired) electrons. The molecule has 0 aromatic heterocycles. The van der Waals surface area contributed by atoms with Gasteiger partial charge in [0.05, 0.1) is 11.1 Å². The van der Waals surface area contributed by atoms with E-state index in [4.69, 9.17) is 0 Å². The number of nitrogens with one attached hydrogen (secondary N) is 2. The van der Waals surface area contributed by atoms with E-state index < -0.39 is 15.9 Å². The number of para-hydroxylation sites is 1. The first-order chi connectivity index (χ1) is 14.9. The maximum atomic E-state index is 12.4. The summed E-state index contributed by atoms with van der Waals surface area (Å²) in [4.78, 5) is 12.4. The van der Waals surface area contributed by atoms with Crippen LogP contribution in [0.2, 0.25) is 0 Å². The summed E-state index contributed by atoms with van der Waals surface area (Å²) in [5.74, 6) is -0.397. The van der Waals surface area contributed by atoms with Crippen molar-refractivity contribution in [2.45, 2.75) is 11.3 Å². The molecule has 0 fully saturated rings. The highest BCUT2D eigenvalue weighted by Crippen LogP contribution is 2.21. The Kier molecular flexibility index (Phi) is 6.84. The van der Waals surface area contributed by atoms with Gasteiger partial charge in [0.25, 0.3) is 15.9 Å². The number of nitrogens with zero attached hydrogens (tertiary/aromatic N) is 1. The molecule has 31 heavy (non-hydrogen) atoms. The molecular weight excluding hydrogens is 414 g/mol. The molecule has 0 aliphatic carbocycles. The van der Waals surface area contributed by atoms with E-state index in [0.717, 1.165) is 0 Å². The van der Waals surface area contributed by atoms with Crippen LogP contribution in [-0.4, -0.2) is 25.6 Å². The average molecular weight is 436 g/mol. The van der Waals surface area contributed by atoms with Crippen LogP contribution in [0.3, 0.4) is 0 Å². The molecule has 3 aromatic rings. The van der Waals surface area contributed by atoms with Crippen LogP contribution in [-0.2, 0) is 16.4 Å². The van der Waals surface area contributed by atoms with Gasteiger partial charge in [-0.3, -0.25) is 9.52 Å². The van der Waals surface area contributed by atoms with Crippen molar-refractivity contribution in [3.8, 4) is 5.75 Å². The van der Waals surface area contributed by atoms with E-state index >= 15 is 0 Å². The number of hydrogen-bond acceptors (Lipinski definition) is 5. The second-order valence-corrected chi connectivity index (χ2v) is 8.23. The molecular formula is C23H21N3O4S. The number of phenolic OH excluding ortho intramolecular Hbond substituents is 1. The Bertz CT molecular complexity index is 1210. The van der Waals surface area contributed by atoms with Gasteiger partial charge in [0.2, 0.25) is 0 Å². The first kappa shape index (κ1) is 21.8. The fourth-order valence-corrected chi connectivity index (χ4v) is 3.84. The molecule has 0 heterocycles. The third-order valence-electron chi connectivity index (χ3n) is 4.34. The summed E-state index contributed by atoms with van der Waals surface area (Å²) in [7, 11) is -3.71. The van der Waals surface area contributed by atoms with Crippen molar-refractivity contribution >= 4 is 27.8 Å². The number of hydrazone groups is 1. The van der Waals surface area contributed by atoms with Crippen LogP contribution in [0.5, 0.6) is 5.75 Å². The smallest absolute Gasteiger partial charge is 0.271 e. The monoisotopic (exact) mass is 435 g/mol. The molecule has 0 unspecified atom stereocenters. The summed E-state index contributed by atoms with van der Waals surface area (Å²) < 4.78 is 27.2. The number of carbonyl (C=O) groups is 1. The van der Waals surface area contributed by atoms with E-state index in [1.165, 1.54) is 42.6 Å². The van der Waals surface area contributed by atoms with Gasteiger partial charge in [0, 0.05) is 16.8 Å². The zero-order valence-electron chi connectivity index (χ0n) is 16.5. The van der Waals surface area contributed by atoms with Crippen molar-refractivity contribution in [3.05, 3.63) is 102 Å². The second-order valence-electron chi connectivity index (χ2n) is 6.54. The van der Waals surface area contributed by atoms with Crippen LogP contribution < -0.4 is 10.1 Å². The summed E-state index contributed by atoms with van der Waals surface area (Å²) in [5.41, 5.74) is 4.17. The number of aromatic hydroxyl groups is 1. The summed E-state index contributed by atoms with van der Waals surface area (Å²) >= 11 is 0. The third kappa shape index (κ3) is 5.58. The lowest BCUT2D eigenvalue weighted by Crippen LogP contribution is -2.18. The number of rotatable bonds is 8. The standard InChI is InChI=1S/C23H21N3O4S/c1-2-7-17-8-6-9-19(22(17)27)16-24-25-23(28)18-12-14-20(15-13-18)26-31(29,30)21-10-4-3-5-11-21/h2-6,8-16,26-27H,1,7H2,(H,25,28)/b24-16-. The average Bonchev–Trinajstić information content (AvgIpc) is 2.77. The molecule has 0 spiro atoms. The van der Waals surface area contributed by atoms with Gasteiger partial charge in [-0.05, 0) is 54.4 Å².